The summed E-state index contributed by atoms with van der Waals surface area (Å²) in [4.78, 5) is 16.0. The fourth-order valence-corrected chi connectivity index (χ4v) is 1.74. The molecule has 0 aliphatic heterocycles. The lowest BCUT2D eigenvalue weighted by molar-refractivity contribution is -0.126. The van der Waals surface area contributed by atoms with Crippen molar-refractivity contribution in [1.82, 2.24) is 14.8 Å². The van der Waals surface area contributed by atoms with Crippen LogP contribution >= 0.6 is 0 Å². The second kappa shape index (κ2) is 6.29. The lowest BCUT2D eigenvalue weighted by Gasteiger charge is -2.12. The van der Waals surface area contributed by atoms with E-state index >= 15 is 0 Å². The van der Waals surface area contributed by atoms with Gasteiger partial charge < -0.3 is 10.1 Å². The van der Waals surface area contributed by atoms with E-state index in [9.17, 15) is 4.79 Å². The molecule has 1 N–H and O–H groups in total. The Balaban J connectivity index is 2.03. The van der Waals surface area contributed by atoms with Gasteiger partial charge in [0, 0.05) is 24.9 Å². The van der Waals surface area contributed by atoms with Gasteiger partial charge in [0.25, 0.3) is 5.91 Å². The highest BCUT2D eigenvalue weighted by atomic mass is 16.5. The molecule has 0 unspecified atom stereocenters. The molecule has 0 saturated carbocycles. The fourth-order valence-electron chi connectivity index (χ4n) is 1.74. The molecule has 2 rings (SSSR count). The molecule has 6 heteroatoms. The smallest absolute Gasteiger partial charge is 0.253 e. The summed E-state index contributed by atoms with van der Waals surface area (Å²) in [6.07, 6.45) is 1.19. The van der Waals surface area contributed by atoms with Crippen LogP contribution in [0, 0.1) is 0 Å². The van der Waals surface area contributed by atoms with E-state index in [4.69, 9.17) is 4.74 Å². The standard InChI is InChI=1S/C14H18N4O2/c1-4-20-10(2)14(19)16-12-7-5-11(6-8-12)13-15-9-18(3)17-13/h5-10H,4H2,1-3H3,(H,16,19)/t10-/m1/s1. The summed E-state index contributed by atoms with van der Waals surface area (Å²) in [6, 6.07) is 7.39. The lowest BCUT2D eigenvalue weighted by Crippen LogP contribution is -2.27. The molecule has 106 valence electrons. The highest BCUT2D eigenvalue weighted by molar-refractivity contribution is 5.94. The van der Waals surface area contributed by atoms with Crippen molar-refractivity contribution in [3.8, 4) is 11.4 Å². The Morgan fingerprint density at radius 1 is 1.40 bits per heavy atom. The minimum absolute atomic E-state index is 0.157. The van der Waals surface area contributed by atoms with Gasteiger partial charge in [0.15, 0.2) is 5.82 Å². The number of hydrogen-bond donors (Lipinski definition) is 1. The van der Waals surface area contributed by atoms with Gasteiger partial charge in [-0.15, -0.1) is 0 Å². The van der Waals surface area contributed by atoms with Crippen molar-refractivity contribution in [2.45, 2.75) is 20.0 Å². The summed E-state index contributed by atoms with van der Waals surface area (Å²) in [6.45, 7) is 4.10. The van der Waals surface area contributed by atoms with Crippen LogP contribution in [0.1, 0.15) is 13.8 Å². The number of aromatic nitrogens is 3. The summed E-state index contributed by atoms with van der Waals surface area (Å²) in [5, 5.41) is 7.02. The first-order valence-electron chi connectivity index (χ1n) is 6.48. The molecule has 0 bridgehead atoms. The van der Waals surface area contributed by atoms with Crippen LogP contribution in [-0.2, 0) is 16.6 Å². The number of nitrogens with one attached hydrogen (secondary N) is 1. The van der Waals surface area contributed by atoms with Gasteiger partial charge in [-0.3, -0.25) is 9.48 Å². The molecular formula is C14H18N4O2. The van der Waals surface area contributed by atoms with Crippen LogP contribution in [0.25, 0.3) is 11.4 Å². The molecule has 1 amide bonds. The number of rotatable bonds is 5. The predicted molar refractivity (Wildman–Crippen MR) is 76.2 cm³/mol. The van der Waals surface area contributed by atoms with E-state index in [1.165, 1.54) is 0 Å². The Labute approximate surface area is 117 Å². The molecule has 1 aromatic heterocycles. The van der Waals surface area contributed by atoms with Crippen LogP contribution in [0.15, 0.2) is 30.6 Å². The van der Waals surface area contributed by atoms with Crippen LogP contribution in [-0.4, -0.2) is 33.4 Å². The molecule has 2 aromatic rings. The highest BCUT2D eigenvalue weighted by Crippen LogP contribution is 2.17. The Bertz CT molecular complexity index is 577. The van der Waals surface area contributed by atoms with E-state index < -0.39 is 6.10 Å². The number of benzene rings is 1. The zero-order valence-corrected chi connectivity index (χ0v) is 11.8. The Morgan fingerprint density at radius 3 is 2.65 bits per heavy atom. The van der Waals surface area contributed by atoms with Gasteiger partial charge in [-0.05, 0) is 38.1 Å². The second-order valence-corrected chi connectivity index (χ2v) is 4.41. The number of aryl methyl sites for hydroxylation is 1. The summed E-state index contributed by atoms with van der Waals surface area (Å²) in [7, 11) is 1.82. The summed E-state index contributed by atoms with van der Waals surface area (Å²) >= 11 is 0. The molecule has 1 atom stereocenters. The zero-order chi connectivity index (χ0) is 14.5. The topological polar surface area (TPSA) is 69.0 Å². The Morgan fingerprint density at radius 2 is 2.10 bits per heavy atom. The van der Waals surface area contributed by atoms with E-state index in [1.807, 2.05) is 38.2 Å². The van der Waals surface area contributed by atoms with Gasteiger partial charge in [0.2, 0.25) is 0 Å². The molecule has 20 heavy (non-hydrogen) atoms. The molecule has 0 saturated heterocycles. The van der Waals surface area contributed by atoms with Crippen molar-refractivity contribution in [2.24, 2.45) is 7.05 Å². The third kappa shape index (κ3) is 3.42. The Kier molecular flexibility index (Phi) is 4.47. The maximum absolute atomic E-state index is 11.8. The SMILES string of the molecule is CCO[C@H](C)C(=O)Nc1ccc(-c2ncn(C)n2)cc1. The van der Waals surface area contributed by atoms with E-state index in [0.29, 0.717) is 12.4 Å². The normalized spacial score (nSPS) is 12.2. The van der Waals surface area contributed by atoms with Crippen molar-refractivity contribution < 1.29 is 9.53 Å². The zero-order valence-electron chi connectivity index (χ0n) is 11.8. The van der Waals surface area contributed by atoms with E-state index in [2.05, 4.69) is 15.4 Å². The molecule has 1 heterocycles. The van der Waals surface area contributed by atoms with Gasteiger partial charge in [-0.1, -0.05) is 0 Å². The predicted octanol–water partition coefficient (Wildman–Crippen LogP) is 1.85. The summed E-state index contributed by atoms with van der Waals surface area (Å²) < 4.78 is 6.88. The number of amides is 1. The Hall–Kier alpha value is -2.21. The van der Waals surface area contributed by atoms with E-state index in [0.717, 1.165) is 11.3 Å². The van der Waals surface area contributed by atoms with Gasteiger partial charge in [-0.2, -0.15) is 5.10 Å². The van der Waals surface area contributed by atoms with E-state index in [1.54, 1.807) is 17.9 Å². The minimum atomic E-state index is -0.461. The van der Waals surface area contributed by atoms with Crippen LogP contribution in [0.2, 0.25) is 0 Å². The van der Waals surface area contributed by atoms with Crippen molar-refractivity contribution >= 4 is 11.6 Å². The fraction of sp³-hybridized carbons (Fsp3) is 0.357. The molecule has 6 nitrogen and oxygen atoms in total. The number of anilines is 1. The maximum atomic E-state index is 11.8. The number of nitrogens with zero attached hydrogens (tertiary/aromatic N) is 3. The first kappa shape index (κ1) is 14.2. The molecule has 0 aliphatic carbocycles. The molecule has 1 aromatic carbocycles. The average Bonchev–Trinajstić information content (AvgIpc) is 2.86. The minimum Gasteiger partial charge on any atom is -0.369 e. The van der Waals surface area contributed by atoms with Crippen molar-refractivity contribution in [3.63, 3.8) is 0 Å². The average molecular weight is 274 g/mol. The van der Waals surface area contributed by atoms with Gasteiger partial charge >= 0.3 is 0 Å². The highest BCUT2D eigenvalue weighted by Gasteiger charge is 2.12. The third-order valence-electron chi connectivity index (χ3n) is 2.80. The number of ether oxygens (including phenoxy) is 1. The van der Waals surface area contributed by atoms with Gasteiger partial charge in [-0.25, -0.2) is 4.98 Å². The molecule has 0 aliphatic rings. The second-order valence-electron chi connectivity index (χ2n) is 4.41. The van der Waals surface area contributed by atoms with Gasteiger partial charge in [0.05, 0.1) is 0 Å². The lowest BCUT2D eigenvalue weighted by atomic mass is 10.2. The van der Waals surface area contributed by atoms with Crippen molar-refractivity contribution in [2.75, 3.05) is 11.9 Å². The van der Waals surface area contributed by atoms with E-state index in [-0.39, 0.29) is 5.91 Å². The van der Waals surface area contributed by atoms with Crippen molar-refractivity contribution in [1.29, 1.82) is 0 Å². The van der Waals surface area contributed by atoms with Gasteiger partial charge in [0.1, 0.15) is 12.4 Å². The number of carbonyl (C=O) groups is 1. The molecule has 0 radical (unpaired) electrons. The monoisotopic (exact) mass is 274 g/mol. The summed E-state index contributed by atoms with van der Waals surface area (Å²) in [5.41, 5.74) is 1.63. The van der Waals surface area contributed by atoms with Crippen LogP contribution < -0.4 is 5.32 Å². The van der Waals surface area contributed by atoms with Crippen molar-refractivity contribution in [3.05, 3.63) is 30.6 Å². The molecular weight excluding hydrogens is 256 g/mol. The molecule has 0 fully saturated rings. The maximum Gasteiger partial charge on any atom is 0.253 e. The number of carbonyl (C=O) groups excluding carboxylic acids is 1. The van der Waals surface area contributed by atoms with Crippen LogP contribution in [0.5, 0.6) is 0 Å². The molecule has 0 spiro atoms. The first-order chi connectivity index (χ1) is 9.60. The number of hydrogen-bond acceptors (Lipinski definition) is 4. The summed E-state index contributed by atoms with van der Waals surface area (Å²) in [5.74, 6) is 0.503. The van der Waals surface area contributed by atoms with Crippen LogP contribution in [0.4, 0.5) is 5.69 Å². The van der Waals surface area contributed by atoms with Crippen LogP contribution in [0.3, 0.4) is 0 Å². The third-order valence-corrected chi connectivity index (χ3v) is 2.80. The first-order valence-corrected chi connectivity index (χ1v) is 6.48. The largest absolute Gasteiger partial charge is 0.369 e. The quantitative estimate of drug-likeness (QED) is 0.903.